The van der Waals surface area contributed by atoms with Gasteiger partial charge >= 0.3 is 5.56 Å². The second kappa shape index (κ2) is 8.51. The van der Waals surface area contributed by atoms with E-state index in [4.69, 9.17) is 33.8 Å². The van der Waals surface area contributed by atoms with Crippen LogP contribution in [0.4, 0.5) is 11.5 Å². The molecule has 0 bridgehead atoms. The van der Waals surface area contributed by atoms with Crippen LogP contribution in [0.25, 0.3) is 0 Å². The van der Waals surface area contributed by atoms with Gasteiger partial charge in [-0.25, -0.2) is 0 Å². The van der Waals surface area contributed by atoms with E-state index in [9.17, 15) is 4.79 Å². The van der Waals surface area contributed by atoms with Crippen molar-refractivity contribution in [2.45, 2.75) is 10.9 Å². The first-order chi connectivity index (χ1) is 13.0. The van der Waals surface area contributed by atoms with Gasteiger partial charge in [0.15, 0.2) is 0 Å². The molecule has 0 fully saturated rings. The Bertz CT molecular complexity index is 1030. The molecule has 3 N–H and O–H groups in total. The molecule has 1 aromatic heterocycles. The smallest absolute Gasteiger partial charge is 0.315 e. The molecule has 3 rings (SSSR count). The summed E-state index contributed by atoms with van der Waals surface area (Å²) >= 11 is 13.4. The van der Waals surface area contributed by atoms with E-state index in [-0.39, 0.29) is 16.0 Å². The number of anilines is 2. The third-order valence-corrected chi connectivity index (χ3v) is 5.43. The summed E-state index contributed by atoms with van der Waals surface area (Å²) in [6.07, 6.45) is 0. The fourth-order valence-corrected chi connectivity index (χ4v) is 3.45. The van der Waals surface area contributed by atoms with Gasteiger partial charge in [-0.15, -0.1) is 10.2 Å². The van der Waals surface area contributed by atoms with Crippen LogP contribution in [0.3, 0.4) is 0 Å². The Morgan fingerprint density at radius 3 is 2.74 bits per heavy atom. The van der Waals surface area contributed by atoms with Crippen LogP contribution < -0.4 is 21.5 Å². The van der Waals surface area contributed by atoms with E-state index in [0.29, 0.717) is 16.5 Å². The highest BCUT2D eigenvalue weighted by Gasteiger charge is 2.14. The number of thioether (sulfide) groups is 1. The normalized spacial score (nSPS) is 10.6. The zero-order valence-corrected chi connectivity index (χ0v) is 16.5. The van der Waals surface area contributed by atoms with Gasteiger partial charge in [0.2, 0.25) is 11.0 Å². The minimum atomic E-state index is -0.538. The first kappa shape index (κ1) is 19.3. The number of nitrogens with zero attached hydrogens (tertiary/aromatic N) is 3. The molecular weight excluding hydrogens is 409 g/mol. The quantitative estimate of drug-likeness (QED) is 0.460. The van der Waals surface area contributed by atoms with Crippen molar-refractivity contribution in [1.82, 2.24) is 14.9 Å². The molecule has 0 radical (unpaired) electrons. The first-order valence-corrected chi connectivity index (χ1v) is 9.46. The Labute approximate surface area is 169 Å². The summed E-state index contributed by atoms with van der Waals surface area (Å²) in [7, 11) is 1.60. The van der Waals surface area contributed by atoms with Crippen molar-refractivity contribution in [3.63, 3.8) is 0 Å². The molecule has 10 heteroatoms. The number of para-hydroxylation sites is 1. The van der Waals surface area contributed by atoms with Crippen molar-refractivity contribution in [2.75, 3.05) is 18.3 Å². The molecule has 7 nitrogen and oxygen atoms in total. The minimum Gasteiger partial charge on any atom is -0.496 e. The lowest BCUT2D eigenvalue weighted by molar-refractivity contribution is 0.411. The van der Waals surface area contributed by atoms with Gasteiger partial charge in [0.1, 0.15) is 5.75 Å². The van der Waals surface area contributed by atoms with Crippen molar-refractivity contribution in [3.8, 4) is 5.75 Å². The monoisotopic (exact) mass is 423 g/mol. The van der Waals surface area contributed by atoms with Crippen LogP contribution in [0.5, 0.6) is 5.75 Å². The number of nitrogen functional groups attached to an aromatic ring is 1. The van der Waals surface area contributed by atoms with Crippen LogP contribution in [0.2, 0.25) is 10.0 Å². The zero-order chi connectivity index (χ0) is 19.4. The predicted octanol–water partition coefficient (Wildman–Crippen LogP) is 3.70. The molecule has 1 heterocycles. The van der Waals surface area contributed by atoms with E-state index in [1.165, 1.54) is 11.8 Å². The number of aromatic nitrogens is 3. The number of hydrogen-bond donors (Lipinski definition) is 2. The van der Waals surface area contributed by atoms with E-state index < -0.39 is 5.56 Å². The summed E-state index contributed by atoms with van der Waals surface area (Å²) in [6, 6.07) is 12.6. The number of hydrogen-bond acceptors (Lipinski definition) is 7. The van der Waals surface area contributed by atoms with Crippen molar-refractivity contribution >= 4 is 46.5 Å². The van der Waals surface area contributed by atoms with E-state index in [2.05, 4.69) is 15.5 Å². The fraction of sp³-hybridized carbons (Fsp3) is 0.118. The molecule has 2 aromatic carbocycles. The highest BCUT2D eigenvalue weighted by molar-refractivity contribution is 7.98. The van der Waals surface area contributed by atoms with Gasteiger partial charge in [-0.1, -0.05) is 59.2 Å². The minimum absolute atomic E-state index is 0.0525. The van der Waals surface area contributed by atoms with Gasteiger partial charge < -0.3 is 15.9 Å². The summed E-state index contributed by atoms with van der Waals surface area (Å²) in [5.41, 5.74) is 0.848. The average molecular weight is 424 g/mol. The van der Waals surface area contributed by atoms with Gasteiger partial charge in [-0.05, 0) is 18.2 Å². The van der Waals surface area contributed by atoms with Gasteiger partial charge in [-0.2, -0.15) is 4.68 Å². The van der Waals surface area contributed by atoms with Gasteiger partial charge in [-0.3, -0.25) is 4.79 Å². The highest BCUT2D eigenvalue weighted by Crippen LogP contribution is 2.31. The number of nitrogens with one attached hydrogen (secondary N) is 1. The molecule has 0 unspecified atom stereocenters. The first-order valence-electron chi connectivity index (χ1n) is 7.71. The summed E-state index contributed by atoms with van der Waals surface area (Å²) in [6.45, 7) is 0. The fourth-order valence-electron chi connectivity index (χ4n) is 2.25. The lowest BCUT2D eigenvalue weighted by atomic mass is 10.2. The Balaban J connectivity index is 1.81. The number of rotatable bonds is 6. The Kier molecular flexibility index (Phi) is 6.10. The van der Waals surface area contributed by atoms with Crippen molar-refractivity contribution in [2.24, 2.45) is 0 Å². The molecule has 0 atom stereocenters. The van der Waals surface area contributed by atoms with E-state index in [1.807, 2.05) is 24.3 Å². The predicted molar refractivity (Wildman–Crippen MR) is 109 cm³/mol. The Morgan fingerprint density at radius 2 is 1.96 bits per heavy atom. The highest BCUT2D eigenvalue weighted by atomic mass is 35.5. The maximum Gasteiger partial charge on any atom is 0.315 e. The molecule has 0 aliphatic heterocycles. The van der Waals surface area contributed by atoms with E-state index in [0.717, 1.165) is 16.0 Å². The number of benzene rings is 2. The summed E-state index contributed by atoms with van der Waals surface area (Å²) < 4.78 is 6.25. The van der Waals surface area contributed by atoms with E-state index >= 15 is 0 Å². The van der Waals surface area contributed by atoms with Crippen LogP contribution >= 0.6 is 35.0 Å². The summed E-state index contributed by atoms with van der Waals surface area (Å²) in [4.78, 5) is 12.5. The number of nitrogens with two attached hydrogens (primary N) is 1. The maximum absolute atomic E-state index is 12.5. The van der Waals surface area contributed by atoms with Gasteiger partial charge in [0.05, 0.1) is 22.8 Å². The number of halogens is 2. The van der Waals surface area contributed by atoms with Crippen molar-refractivity contribution < 1.29 is 4.74 Å². The molecule has 0 spiro atoms. The SMILES string of the molecule is COc1ccccc1CSc1nnc(Nc2cccc(Cl)c2Cl)c(=O)n1N. The molecule has 0 aliphatic rings. The molecule has 0 aliphatic carbocycles. The van der Waals surface area contributed by atoms with Crippen LogP contribution in [0.15, 0.2) is 52.4 Å². The van der Waals surface area contributed by atoms with Crippen molar-refractivity contribution in [3.05, 3.63) is 68.4 Å². The number of methoxy groups -OCH3 is 1. The van der Waals surface area contributed by atoms with Crippen LogP contribution in [-0.4, -0.2) is 22.0 Å². The lowest BCUT2D eigenvalue weighted by Gasteiger charge is -2.11. The molecule has 0 saturated carbocycles. The van der Waals surface area contributed by atoms with Crippen LogP contribution in [-0.2, 0) is 5.75 Å². The second-order valence-corrected chi connectivity index (χ2v) is 7.06. The second-order valence-electron chi connectivity index (χ2n) is 5.33. The van der Waals surface area contributed by atoms with Crippen LogP contribution in [0.1, 0.15) is 5.56 Å². The van der Waals surface area contributed by atoms with Crippen molar-refractivity contribution in [1.29, 1.82) is 0 Å². The van der Waals surface area contributed by atoms with Crippen LogP contribution in [0, 0.1) is 0 Å². The lowest BCUT2D eigenvalue weighted by Crippen LogP contribution is -2.32. The summed E-state index contributed by atoms with van der Waals surface area (Å²) in [5, 5.41) is 11.7. The third-order valence-electron chi connectivity index (χ3n) is 3.62. The molecule has 3 aromatic rings. The zero-order valence-electron chi connectivity index (χ0n) is 14.1. The topological polar surface area (TPSA) is 95.1 Å². The third kappa shape index (κ3) is 4.29. The summed E-state index contributed by atoms with van der Waals surface area (Å²) in [5.74, 6) is 7.10. The molecular formula is C17H15Cl2N5O2S. The average Bonchev–Trinajstić information content (AvgIpc) is 2.68. The van der Waals surface area contributed by atoms with Gasteiger partial charge in [0.25, 0.3) is 0 Å². The molecule has 140 valence electrons. The Hall–Kier alpha value is -2.42. The maximum atomic E-state index is 12.5. The van der Waals surface area contributed by atoms with E-state index in [1.54, 1.807) is 25.3 Å². The molecule has 0 amide bonds. The van der Waals surface area contributed by atoms with Gasteiger partial charge in [0, 0.05) is 11.3 Å². The standard InChI is InChI=1S/C17H15Cl2N5O2S/c1-26-13-8-3-2-5-10(13)9-27-17-23-22-15(16(25)24(17)20)21-12-7-4-6-11(18)14(12)19/h2-8H,9,20H2,1H3,(H,21,22). The largest absolute Gasteiger partial charge is 0.496 e. The number of ether oxygens (including phenoxy) is 1. The molecule has 27 heavy (non-hydrogen) atoms. The molecule has 0 saturated heterocycles. The Morgan fingerprint density at radius 1 is 1.19 bits per heavy atom.